The number of hydrogen-bond donors (Lipinski definition) is 1. The summed E-state index contributed by atoms with van der Waals surface area (Å²) in [6, 6.07) is 12.3. The second-order valence-corrected chi connectivity index (χ2v) is 4.84. The van der Waals surface area contributed by atoms with E-state index >= 15 is 0 Å². The first kappa shape index (κ1) is 14.8. The van der Waals surface area contributed by atoms with Crippen LogP contribution in [-0.2, 0) is 0 Å². The molecule has 0 atom stereocenters. The topological polar surface area (TPSA) is 64.4 Å². The van der Waals surface area contributed by atoms with Crippen LogP contribution in [0.2, 0.25) is 0 Å². The van der Waals surface area contributed by atoms with Crippen molar-refractivity contribution in [1.29, 1.82) is 0 Å². The lowest BCUT2D eigenvalue weighted by molar-refractivity contribution is -0.384. The van der Waals surface area contributed by atoms with E-state index in [4.69, 9.17) is 4.74 Å². The standard InChI is InChI=1S/C16H18N2O3/c1-12-3-4-13(2)16(11-12)17-9-10-21-15-7-5-14(6-8-15)18(19)20/h3-8,11,17H,9-10H2,1-2H3. The number of nitrogens with zero attached hydrogens (tertiary/aromatic N) is 1. The van der Waals surface area contributed by atoms with Crippen LogP contribution in [-0.4, -0.2) is 18.1 Å². The number of nitrogens with one attached hydrogen (secondary N) is 1. The summed E-state index contributed by atoms with van der Waals surface area (Å²) in [4.78, 5) is 10.1. The van der Waals surface area contributed by atoms with Crippen molar-refractivity contribution in [2.75, 3.05) is 18.5 Å². The summed E-state index contributed by atoms with van der Waals surface area (Å²) in [5, 5.41) is 13.9. The van der Waals surface area contributed by atoms with E-state index in [1.54, 1.807) is 12.1 Å². The Morgan fingerprint density at radius 1 is 1.14 bits per heavy atom. The highest BCUT2D eigenvalue weighted by Gasteiger charge is 2.04. The van der Waals surface area contributed by atoms with Crippen LogP contribution in [0.25, 0.3) is 0 Å². The van der Waals surface area contributed by atoms with Gasteiger partial charge in [0.1, 0.15) is 12.4 Å². The zero-order chi connectivity index (χ0) is 15.2. The number of aryl methyl sites for hydroxylation is 2. The first-order valence-corrected chi connectivity index (χ1v) is 6.74. The molecular formula is C16H18N2O3. The SMILES string of the molecule is Cc1ccc(C)c(NCCOc2ccc([N+](=O)[O-])cc2)c1. The van der Waals surface area contributed by atoms with Crippen molar-refractivity contribution < 1.29 is 9.66 Å². The van der Waals surface area contributed by atoms with E-state index in [0.29, 0.717) is 18.9 Å². The molecular weight excluding hydrogens is 268 g/mol. The Bertz CT molecular complexity index is 624. The van der Waals surface area contributed by atoms with Crippen LogP contribution < -0.4 is 10.1 Å². The van der Waals surface area contributed by atoms with Crippen LogP contribution in [0.1, 0.15) is 11.1 Å². The predicted molar refractivity (Wildman–Crippen MR) is 83.0 cm³/mol. The summed E-state index contributed by atoms with van der Waals surface area (Å²) in [6.07, 6.45) is 0. The number of hydrogen-bond acceptors (Lipinski definition) is 4. The minimum absolute atomic E-state index is 0.0656. The van der Waals surface area contributed by atoms with Gasteiger partial charge in [0, 0.05) is 24.4 Å². The van der Waals surface area contributed by atoms with Crippen LogP contribution in [0.5, 0.6) is 5.75 Å². The van der Waals surface area contributed by atoms with Gasteiger partial charge in [-0.3, -0.25) is 10.1 Å². The Hall–Kier alpha value is -2.56. The van der Waals surface area contributed by atoms with Gasteiger partial charge in [-0.15, -0.1) is 0 Å². The third-order valence-electron chi connectivity index (χ3n) is 3.13. The molecule has 5 heteroatoms. The minimum Gasteiger partial charge on any atom is -0.492 e. The summed E-state index contributed by atoms with van der Waals surface area (Å²) in [7, 11) is 0. The molecule has 2 aromatic carbocycles. The molecule has 5 nitrogen and oxygen atoms in total. The summed E-state index contributed by atoms with van der Waals surface area (Å²) < 4.78 is 5.55. The first-order chi connectivity index (χ1) is 10.1. The third-order valence-corrected chi connectivity index (χ3v) is 3.13. The molecule has 0 bridgehead atoms. The number of nitro groups is 1. The van der Waals surface area contributed by atoms with Crippen molar-refractivity contribution in [2.45, 2.75) is 13.8 Å². The zero-order valence-corrected chi connectivity index (χ0v) is 12.1. The molecule has 0 aliphatic rings. The monoisotopic (exact) mass is 286 g/mol. The largest absolute Gasteiger partial charge is 0.492 e. The van der Waals surface area contributed by atoms with Gasteiger partial charge in [0.05, 0.1) is 4.92 Å². The molecule has 110 valence electrons. The van der Waals surface area contributed by atoms with Crippen LogP contribution in [0, 0.1) is 24.0 Å². The lowest BCUT2D eigenvalue weighted by atomic mass is 10.1. The Morgan fingerprint density at radius 2 is 1.86 bits per heavy atom. The van der Waals surface area contributed by atoms with E-state index in [9.17, 15) is 10.1 Å². The molecule has 0 fully saturated rings. The highest BCUT2D eigenvalue weighted by atomic mass is 16.6. The smallest absolute Gasteiger partial charge is 0.269 e. The van der Waals surface area contributed by atoms with Crippen LogP contribution >= 0.6 is 0 Å². The number of benzene rings is 2. The summed E-state index contributed by atoms with van der Waals surface area (Å²) in [5.41, 5.74) is 3.56. The Morgan fingerprint density at radius 3 is 2.52 bits per heavy atom. The van der Waals surface area contributed by atoms with Crippen LogP contribution in [0.4, 0.5) is 11.4 Å². The van der Waals surface area contributed by atoms with Gasteiger partial charge in [0.25, 0.3) is 5.69 Å². The predicted octanol–water partition coefficient (Wildman–Crippen LogP) is 3.70. The Kier molecular flexibility index (Phi) is 4.77. The normalized spacial score (nSPS) is 10.2. The van der Waals surface area contributed by atoms with E-state index < -0.39 is 4.92 Å². The molecule has 0 amide bonds. The van der Waals surface area contributed by atoms with Gasteiger partial charge in [-0.2, -0.15) is 0 Å². The molecule has 0 spiro atoms. The van der Waals surface area contributed by atoms with Gasteiger partial charge in [-0.25, -0.2) is 0 Å². The van der Waals surface area contributed by atoms with Crippen LogP contribution in [0.15, 0.2) is 42.5 Å². The summed E-state index contributed by atoms with van der Waals surface area (Å²) in [5.74, 6) is 0.628. The molecule has 1 N–H and O–H groups in total. The fourth-order valence-corrected chi connectivity index (χ4v) is 1.94. The molecule has 0 heterocycles. The van der Waals surface area contributed by atoms with Crippen molar-refractivity contribution in [1.82, 2.24) is 0 Å². The molecule has 0 aliphatic heterocycles. The highest BCUT2D eigenvalue weighted by molar-refractivity contribution is 5.52. The second-order valence-electron chi connectivity index (χ2n) is 4.84. The highest BCUT2D eigenvalue weighted by Crippen LogP contribution is 2.18. The summed E-state index contributed by atoms with van der Waals surface area (Å²) in [6.45, 7) is 5.27. The van der Waals surface area contributed by atoms with Crippen molar-refractivity contribution >= 4 is 11.4 Å². The van der Waals surface area contributed by atoms with Gasteiger partial charge in [-0.05, 0) is 43.2 Å². The maximum absolute atomic E-state index is 10.5. The van der Waals surface area contributed by atoms with Crippen molar-refractivity contribution in [2.24, 2.45) is 0 Å². The van der Waals surface area contributed by atoms with Gasteiger partial charge < -0.3 is 10.1 Å². The van der Waals surface area contributed by atoms with Crippen molar-refractivity contribution in [3.8, 4) is 5.75 Å². The van der Waals surface area contributed by atoms with Gasteiger partial charge >= 0.3 is 0 Å². The number of ether oxygens (including phenoxy) is 1. The minimum atomic E-state index is -0.425. The van der Waals surface area contributed by atoms with Gasteiger partial charge in [0.15, 0.2) is 0 Å². The fraction of sp³-hybridized carbons (Fsp3) is 0.250. The average Bonchev–Trinajstić information content (AvgIpc) is 2.47. The molecule has 0 aromatic heterocycles. The van der Waals surface area contributed by atoms with E-state index in [1.165, 1.54) is 23.3 Å². The van der Waals surface area contributed by atoms with Gasteiger partial charge in [0.2, 0.25) is 0 Å². The summed E-state index contributed by atoms with van der Waals surface area (Å²) >= 11 is 0. The van der Waals surface area contributed by atoms with Crippen molar-refractivity contribution in [3.63, 3.8) is 0 Å². The van der Waals surface area contributed by atoms with Crippen LogP contribution in [0.3, 0.4) is 0 Å². The van der Waals surface area contributed by atoms with Gasteiger partial charge in [-0.1, -0.05) is 12.1 Å². The molecule has 2 rings (SSSR count). The Labute approximate surface area is 123 Å². The van der Waals surface area contributed by atoms with E-state index in [-0.39, 0.29) is 5.69 Å². The molecule has 0 unspecified atom stereocenters. The number of nitro benzene ring substituents is 1. The van der Waals surface area contributed by atoms with E-state index in [1.807, 2.05) is 0 Å². The lowest BCUT2D eigenvalue weighted by Gasteiger charge is -2.11. The number of rotatable bonds is 6. The molecule has 2 aromatic rings. The lowest BCUT2D eigenvalue weighted by Crippen LogP contribution is -2.12. The molecule has 0 aliphatic carbocycles. The Balaban J connectivity index is 1.81. The first-order valence-electron chi connectivity index (χ1n) is 6.74. The molecule has 0 saturated carbocycles. The van der Waals surface area contributed by atoms with E-state index in [0.717, 1.165) is 5.69 Å². The fourth-order valence-electron chi connectivity index (χ4n) is 1.94. The molecule has 21 heavy (non-hydrogen) atoms. The van der Waals surface area contributed by atoms with Crippen molar-refractivity contribution in [3.05, 3.63) is 63.7 Å². The maximum Gasteiger partial charge on any atom is 0.269 e. The number of non-ortho nitro benzene ring substituents is 1. The maximum atomic E-state index is 10.5. The quantitative estimate of drug-likeness (QED) is 0.499. The third kappa shape index (κ3) is 4.21. The molecule has 0 radical (unpaired) electrons. The second kappa shape index (κ2) is 6.74. The zero-order valence-electron chi connectivity index (χ0n) is 12.1. The van der Waals surface area contributed by atoms with E-state index in [2.05, 4.69) is 37.4 Å². The molecule has 0 saturated heterocycles. The number of anilines is 1. The average molecular weight is 286 g/mol.